The van der Waals surface area contributed by atoms with Gasteiger partial charge >= 0.3 is 0 Å². The molecule has 1 unspecified atom stereocenters. The van der Waals surface area contributed by atoms with Crippen molar-refractivity contribution < 1.29 is 18.0 Å². The number of anilines is 1. The van der Waals surface area contributed by atoms with Crippen molar-refractivity contribution in [2.45, 2.75) is 64.4 Å². The number of hydrogen-bond acceptors (Lipinski definition) is 4. The maximum atomic E-state index is 14.2. The Morgan fingerprint density at radius 3 is 2.07 bits per heavy atom. The zero-order valence-electron chi connectivity index (χ0n) is 23.9. The Morgan fingerprint density at radius 1 is 0.902 bits per heavy atom. The van der Waals surface area contributed by atoms with Gasteiger partial charge < -0.3 is 10.2 Å². The van der Waals surface area contributed by atoms with Crippen LogP contribution in [0.25, 0.3) is 0 Å². The van der Waals surface area contributed by atoms with E-state index in [4.69, 9.17) is 23.2 Å². The average molecular weight is 619 g/mol. The summed E-state index contributed by atoms with van der Waals surface area (Å²) < 4.78 is 29.0. The molecule has 0 bridgehead atoms. The Labute approximate surface area is 253 Å². The first-order valence-electron chi connectivity index (χ1n) is 13.7. The molecule has 10 heteroatoms. The number of rotatable bonds is 13. The van der Waals surface area contributed by atoms with E-state index in [0.717, 1.165) is 28.3 Å². The van der Waals surface area contributed by atoms with E-state index in [0.29, 0.717) is 34.3 Å². The molecule has 3 aromatic carbocycles. The van der Waals surface area contributed by atoms with E-state index in [2.05, 4.69) is 5.32 Å². The molecule has 0 aliphatic carbocycles. The molecule has 41 heavy (non-hydrogen) atoms. The summed E-state index contributed by atoms with van der Waals surface area (Å²) in [5, 5.41) is 3.60. The van der Waals surface area contributed by atoms with Gasteiger partial charge in [-0.05, 0) is 74.2 Å². The zero-order chi connectivity index (χ0) is 30.2. The molecule has 3 rings (SSSR count). The maximum absolute atomic E-state index is 14.2. The van der Waals surface area contributed by atoms with Gasteiger partial charge in [0.2, 0.25) is 11.8 Å². The lowest BCUT2D eigenvalue weighted by Crippen LogP contribution is -2.52. The Kier molecular flexibility index (Phi) is 11.6. The summed E-state index contributed by atoms with van der Waals surface area (Å²) in [4.78, 5) is 28.9. The van der Waals surface area contributed by atoms with Crippen molar-refractivity contribution in [1.29, 1.82) is 0 Å². The molecule has 220 valence electrons. The van der Waals surface area contributed by atoms with E-state index >= 15 is 0 Å². The smallest absolute Gasteiger partial charge is 0.264 e. The van der Waals surface area contributed by atoms with Gasteiger partial charge in [-0.3, -0.25) is 13.9 Å². The number of sulfonamides is 1. The number of amides is 2. The van der Waals surface area contributed by atoms with Crippen molar-refractivity contribution in [3.05, 3.63) is 93.5 Å². The number of nitrogens with one attached hydrogen (secondary N) is 1. The van der Waals surface area contributed by atoms with Gasteiger partial charge in [0.05, 0.1) is 10.6 Å². The van der Waals surface area contributed by atoms with Crippen molar-refractivity contribution in [2.24, 2.45) is 0 Å². The molecule has 0 saturated carbocycles. The largest absolute Gasteiger partial charge is 0.354 e. The number of aryl methyl sites for hydroxylation is 2. The number of nitrogens with zero attached hydrogens (tertiary/aromatic N) is 2. The number of halogens is 2. The Morgan fingerprint density at radius 2 is 1.51 bits per heavy atom. The van der Waals surface area contributed by atoms with Crippen molar-refractivity contribution in [3.8, 4) is 0 Å². The fraction of sp³-hybridized carbons (Fsp3) is 0.355. The second kappa shape index (κ2) is 14.7. The lowest BCUT2D eigenvalue weighted by Gasteiger charge is -2.33. The lowest BCUT2D eigenvalue weighted by molar-refractivity contribution is -0.140. The van der Waals surface area contributed by atoms with E-state index in [1.807, 2.05) is 26.8 Å². The van der Waals surface area contributed by atoms with Crippen LogP contribution in [0.4, 0.5) is 5.69 Å². The number of carbonyl (C=O) groups excluding carboxylic acids is 2. The standard InChI is InChI=1S/C31H37Cl2N3O4S/c1-5-7-16-34-31(38)29(6-2)35(20-26-27(32)14-11-15-28(26)33)30(37)21-36(24-18-22(3)17-23(4)19-24)41(39,40)25-12-9-8-10-13-25/h8-15,17-19,29H,5-7,16,20-21H2,1-4H3,(H,34,38). The first kappa shape index (κ1) is 32.4. The Balaban J connectivity index is 2.10. The second-order valence-corrected chi connectivity index (χ2v) is 12.6. The van der Waals surface area contributed by atoms with Crippen molar-refractivity contribution in [2.75, 3.05) is 17.4 Å². The molecule has 0 saturated heterocycles. The molecule has 0 fully saturated rings. The summed E-state index contributed by atoms with van der Waals surface area (Å²) in [6, 6.07) is 17.5. The van der Waals surface area contributed by atoms with Crippen LogP contribution < -0.4 is 9.62 Å². The fourth-order valence-corrected chi connectivity index (χ4v) is 6.56. The summed E-state index contributed by atoms with van der Waals surface area (Å²) >= 11 is 12.9. The lowest BCUT2D eigenvalue weighted by atomic mass is 10.1. The topological polar surface area (TPSA) is 86.8 Å². The van der Waals surface area contributed by atoms with Crippen LogP contribution in [0.5, 0.6) is 0 Å². The van der Waals surface area contributed by atoms with E-state index < -0.39 is 28.5 Å². The average Bonchev–Trinajstić information content (AvgIpc) is 2.93. The van der Waals surface area contributed by atoms with Crippen molar-refractivity contribution in [1.82, 2.24) is 10.2 Å². The van der Waals surface area contributed by atoms with E-state index in [1.165, 1.54) is 17.0 Å². The van der Waals surface area contributed by atoms with Gasteiger partial charge in [0.1, 0.15) is 12.6 Å². The van der Waals surface area contributed by atoms with Gasteiger partial charge in [-0.2, -0.15) is 0 Å². The molecule has 0 radical (unpaired) electrons. The van der Waals surface area contributed by atoms with Crippen LogP contribution in [0.15, 0.2) is 71.6 Å². The van der Waals surface area contributed by atoms with E-state index in [1.54, 1.807) is 55.5 Å². The van der Waals surface area contributed by atoms with E-state index in [-0.39, 0.29) is 17.3 Å². The predicted octanol–water partition coefficient (Wildman–Crippen LogP) is 6.53. The molecule has 7 nitrogen and oxygen atoms in total. The first-order chi connectivity index (χ1) is 19.5. The summed E-state index contributed by atoms with van der Waals surface area (Å²) in [5.74, 6) is -0.876. The maximum Gasteiger partial charge on any atom is 0.264 e. The molecule has 0 spiro atoms. The molecule has 2 amide bonds. The van der Waals surface area contributed by atoms with Crippen LogP contribution in [0, 0.1) is 13.8 Å². The molecule has 0 heterocycles. The molecule has 0 aromatic heterocycles. The molecule has 3 aromatic rings. The Bertz CT molecular complexity index is 1420. The number of carbonyl (C=O) groups is 2. The summed E-state index contributed by atoms with van der Waals surface area (Å²) in [6.07, 6.45) is 2.00. The van der Waals surface area contributed by atoms with Crippen molar-refractivity contribution in [3.63, 3.8) is 0 Å². The van der Waals surface area contributed by atoms with Gasteiger partial charge in [-0.1, -0.05) is 73.8 Å². The molecular weight excluding hydrogens is 581 g/mol. The minimum absolute atomic E-state index is 0.0528. The van der Waals surface area contributed by atoms with Crippen LogP contribution in [0.1, 0.15) is 49.8 Å². The third-order valence-corrected chi connectivity index (χ3v) is 9.21. The molecule has 1 atom stereocenters. The number of unbranched alkanes of at least 4 members (excludes halogenated alkanes) is 1. The molecule has 1 N–H and O–H groups in total. The monoisotopic (exact) mass is 617 g/mol. The predicted molar refractivity (Wildman–Crippen MR) is 166 cm³/mol. The normalized spacial score (nSPS) is 12.0. The summed E-state index contributed by atoms with van der Waals surface area (Å²) in [5.41, 5.74) is 2.54. The van der Waals surface area contributed by atoms with Gasteiger partial charge in [-0.25, -0.2) is 8.42 Å². The highest BCUT2D eigenvalue weighted by atomic mass is 35.5. The van der Waals surface area contributed by atoms with Crippen LogP contribution >= 0.6 is 23.2 Å². The van der Waals surface area contributed by atoms with Gasteiger partial charge in [0, 0.05) is 28.7 Å². The van der Waals surface area contributed by atoms with Crippen molar-refractivity contribution >= 4 is 50.7 Å². The van der Waals surface area contributed by atoms with Gasteiger partial charge in [0.15, 0.2) is 0 Å². The molecule has 0 aliphatic heterocycles. The third-order valence-electron chi connectivity index (χ3n) is 6.71. The minimum atomic E-state index is -4.14. The third kappa shape index (κ3) is 8.24. The van der Waals surface area contributed by atoms with Crippen LogP contribution in [-0.2, 0) is 26.2 Å². The summed E-state index contributed by atoms with van der Waals surface area (Å²) in [7, 11) is -4.14. The SMILES string of the molecule is CCCCNC(=O)C(CC)N(Cc1c(Cl)cccc1Cl)C(=O)CN(c1cc(C)cc(C)c1)S(=O)(=O)c1ccccc1. The zero-order valence-corrected chi connectivity index (χ0v) is 26.2. The fourth-order valence-electron chi connectivity index (χ4n) is 4.62. The Hall–Kier alpha value is -3.07. The van der Waals surface area contributed by atoms with Crippen LogP contribution in [0.3, 0.4) is 0 Å². The number of hydrogen-bond donors (Lipinski definition) is 1. The summed E-state index contributed by atoms with van der Waals surface area (Å²) in [6.45, 7) is 7.44. The van der Waals surface area contributed by atoms with Crippen LogP contribution in [-0.4, -0.2) is 44.3 Å². The minimum Gasteiger partial charge on any atom is -0.354 e. The van der Waals surface area contributed by atoms with Gasteiger partial charge in [0.25, 0.3) is 10.0 Å². The first-order valence-corrected chi connectivity index (χ1v) is 15.8. The highest BCUT2D eigenvalue weighted by Gasteiger charge is 2.34. The highest BCUT2D eigenvalue weighted by molar-refractivity contribution is 7.92. The van der Waals surface area contributed by atoms with Crippen LogP contribution in [0.2, 0.25) is 10.0 Å². The quantitative estimate of drug-likeness (QED) is 0.221. The molecular formula is C31H37Cl2N3O4S. The highest BCUT2D eigenvalue weighted by Crippen LogP contribution is 2.29. The van der Waals surface area contributed by atoms with E-state index in [9.17, 15) is 18.0 Å². The second-order valence-electron chi connectivity index (χ2n) is 9.96. The van der Waals surface area contributed by atoms with Gasteiger partial charge in [-0.15, -0.1) is 0 Å². The molecule has 0 aliphatic rings. The number of benzene rings is 3.